The molecular weight excluding hydrogens is 410 g/mol. The van der Waals surface area contributed by atoms with Gasteiger partial charge in [0.15, 0.2) is 0 Å². The maximum atomic E-state index is 12.4. The fourth-order valence-electron chi connectivity index (χ4n) is 3.85. The Hall–Kier alpha value is -2.85. The molecule has 1 amide bonds. The minimum absolute atomic E-state index is 0.0866. The first-order valence-corrected chi connectivity index (χ1v) is 11.4. The Morgan fingerprint density at radius 3 is 2.81 bits per heavy atom. The van der Waals surface area contributed by atoms with Gasteiger partial charge in [-0.15, -0.1) is 0 Å². The van der Waals surface area contributed by atoms with Crippen LogP contribution in [0.4, 0.5) is 5.69 Å². The van der Waals surface area contributed by atoms with E-state index in [1.54, 1.807) is 12.1 Å². The van der Waals surface area contributed by atoms with Crippen molar-refractivity contribution in [3.8, 4) is 6.07 Å². The van der Waals surface area contributed by atoms with E-state index >= 15 is 0 Å². The Kier molecular flexibility index (Phi) is 7.01. The van der Waals surface area contributed by atoms with Crippen LogP contribution in [0.3, 0.4) is 0 Å². The number of carbonyl (C=O) groups is 2. The van der Waals surface area contributed by atoms with Gasteiger partial charge in [-0.05, 0) is 60.4 Å². The van der Waals surface area contributed by atoms with Crippen LogP contribution < -0.4 is 5.32 Å². The number of aromatic nitrogens is 1. The lowest BCUT2D eigenvalue weighted by atomic mass is 9.69. The molecule has 1 aliphatic rings. The first-order chi connectivity index (χ1) is 14.7. The summed E-state index contributed by atoms with van der Waals surface area (Å²) >= 11 is 1.23. The topological polar surface area (TPSA) is 103 Å². The van der Waals surface area contributed by atoms with Crippen LogP contribution in [0.1, 0.15) is 60.8 Å². The van der Waals surface area contributed by atoms with Crippen LogP contribution in [0.2, 0.25) is 0 Å². The van der Waals surface area contributed by atoms with Crippen LogP contribution >= 0.6 is 11.8 Å². The highest BCUT2D eigenvalue weighted by atomic mass is 32.2. The van der Waals surface area contributed by atoms with Gasteiger partial charge in [-0.25, -0.2) is 9.78 Å². The molecule has 2 aromatic rings. The molecule has 3 rings (SSSR count). The van der Waals surface area contributed by atoms with Crippen molar-refractivity contribution in [3.05, 3.63) is 52.7 Å². The number of carbonyl (C=O) groups excluding carboxylic acids is 1. The summed E-state index contributed by atoms with van der Waals surface area (Å²) in [6.07, 6.45) is 4.02. The summed E-state index contributed by atoms with van der Waals surface area (Å²) in [7, 11) is 0. The lowest BCUT2D eigenvalue weighted by Gasteiger charge is -2.37. The minimum Gasteiger partial charge on any atom is -0.478 e. The highest BCUT2D eigenvalue weighted by Gasteiger charge is 2.32. The molecule has 1 unspecified atom stereocenters. The molecule has 2 N–H and O–H groups in total. The fraction of sp³-hybridized carbons (Fsp3) is 0.417. The number of rotatable bonds is 7. The molecule has 0 radical (unpaired) electrons. The quantitative estimate of drug-likeness (QED) is 0.596. The predicted octanol–water partition coefficient (Wildman–Crippen LogP) is 4.92. The number of amides is 1. The van der Waals surface area contributed by atoms with Crippen molar-refractivity contribution in [2.24, 2.45) is 11.3 Å². The zero-order valence-electron chi connectivity index (χ0n) is 18.1. The molecule has 0 fully saturated rings. The second kappa shape index (κ2) is 9.52. The normalized spacial score (nSPS) is 15.6. The maximum Gasteiger partial charge on any atom is 0.335 e. The lowest BCUT2D eigenvalue weighted by molar-refractivity contribution is -0.113. The summed E-state index contributed by atoms with van der Waals surface area (Å²) in [4.78, 5) is 28.2. The van der Waals surface area contributed by atoms with Gasteiger partial charge in [-0.1, -0.05) is 45.0 Å². The molecule has 0 spiro atoms. The van der Waals surface area contributed by atoms with Gasteiger partial charge in [-0.3, -0.25) is 4.79 Å². The van der Waals surface area contributed by atoms with Gasteiger partial charge in [0.2, 0.25) is 5.91 Å². The van der Waals surface area contributed by atoms with Crippen LogP contribution in [0.25, 0.3) is 0 Å². The van der Waals surface area contributed by atoms with Crippen molar-refractivity contribution >= 4 is 29.3 Å². The van der Waals surface area contributed by atoms with Gasteiger partial charge in [0.05, 0.1) is 16.9 Å². The average Bonchev–Trinajstić information content (AvgIpc) is 2.76. The third kappa shape index (κ3) is 5.45. The number of fused-ring (bicyclic) bond motifs is 1. The van der Waals surface area contributed by atoms with Gasteiger partial charge >= 0.3 is 5.97 Å². The number of carboxylic acids is 1. The van der Waals surface area contributed by atoms with E-state index in [9.17, 15) is 14.9 Å². The monoisotopic (exact) mass is 437 g/mol. The summed E-state index contributed by atoms with van der Waals surface area (Å²) in [6.45, 7) is 6.82. The average molecular weight is 438 g/mol. The first kappa shape index (κ1) is 22.8. The fourth-order valence-corrected chi connectivity index (χ4v) is 4.63. The number of carboxylic acid groups (broad SMARTS) is 1. The Bertz CT molecular complexity index is 1040. The van der Waals surface area contributed by atoms with Crippen LogP contribution in [0.15, 0.2) is 35.4 Å². The van der Waals surface area contributed by atoms with Crippen molar-refractivity contribution in [2.75, 3.05) is 11.1 Å². The number of benzene rings is 1. The molecule has 1 heterocycles. The van der Waals surface area contributed by atoms with Crippen LogP contribution in [-0.4, -0.2) is 27.7 Å². The van der Waals surface area contributed by atoms with E-state index in [0.717, 1.165) is 36.9 Å². The van der Waals surface area contributed by atoms with Gasteiger partial charge in [0.1, 0.15) is 11.1 Å². The number of nitrogens with zero attached hydrogens (tertiary/aromatic N) is 2. The third-order valence-electron chi connectivity index (χ3n) is 6.22. The summed E-state index contributed by atoms with van der Waals surface area (Å²) in [6, 6.07) is 10.3. The van der Waals surface area contributed by atoms with Gasteiger partial charge in [0, 0.05) is 11.4 Å². The van der Waals surface area contributed by atoms with E-state index in [2.05, 4.69) is 32.2 Å². The Balaban J connectivity index is 1.69. The molecular formula is C24H27N3O3S. The number of thioether (sulfide) groups is 1. The highest BCUT2D eigenvalue weighted by Crippen LogP contribution is 2.40. The number of aryl methyl sites for hydroxylation is 1. The molecule has 31 heavy (non-hydrogen) atoms. The lowest BCUT2D eigenvalue weighted by Crippen LogP contribution is -2.29. The van der Waals surface area contributed by atoms with Gasteiger partial charge in [0.25, 0.3) is 0 Å². The van der Waals surface area contributed by atoms with E-state index in [4.69, 9.17) is 10.1 Å². The molecule has 162 valence electrons. The van der Waals surface area contributed by atoms with Crippen molar-refractivity contribution in [2.45, 2.75) is 51.5 Å². The third-order valence-corrected chi connectivity index (χ3v) is 7.21. The Morgan fingerprint density at radius 1 is 1.35 bits per heavy atom. The smallest absolute Gasteiger partial charge is 0.335 e. The number of hydrogen-bond acceptors (Lipinski definition) is 5. The van der Waals surface area contributed by atoms with E-state index < -0.39 is 5.97 Å². The van der Waals surface area contributed by atoms with Crippen molar-refractivity contribution in [3.63, 3.8) is 0 Å². The first-order valence-electron chi connectivity index (χ1n) is 10.4. The van der Waals surface area contributed by atoms with Crippen LogP contribution in [-0.2, 0) is 17.6 Å². The van der Waals surface area contributed by atoms with E-state index in [0.29, 0.717) is 22.2 Å². The minimum atomic E-state index is -1.05. The van der Waals surface area contributed by atoms with Crippen LogP contribution in [0.5, 0.6) is 0 Å². The standard InChI is InChI=1S/C24H27N3O3S/c1-4-24(2,3)18-8-9-20-16(11-18)10-17(13-25)22(27-20)31-14-21(28)26-19-7-5-6-15(12-19)23(29)30/h5-7,10,12,18H,4,8-9,11,14H2,1-3H3,(H,26,28)(H,29,30). The number of nitrogens with one attached hydrogen (secondary N) is 1. The number of hydrogen-bond donors (Lipinski definition) is 2. The summed E-state index contributed by atoms with van der Waals surface area (Å²) in [5.41, 5.74) is 3.47. The van der Waals surface area contributed by atoms with Crippen molar-refractivity contribution in [1.82, 2.24) is 4.98 Å². The van der Waals surface area contributed by atoms with Gasteiger partial charge < -0.3 is 10.4 Å². The van der Waals surface area contributed by atoms with E-state index in [1.165, 1.54) is 23.9 Å². The molecule has 0 aliphatic heterocycles. The number of aromatic carboxylic acids is 1. The van der Waals surface area contributed by atoms with Crippen molar-refractivity contribution in [1.29, 1.82) is 5.26 Å². The van der Waals surface area contributed by atoms with E-state index in [1.807, 2.05) is 6.07 Å². The summed E-state index contributed by atoms with van der Waals surface area (Å²) in [5, 5.41) is 22.0. The number of nitriles is 1. The second-order valence-electron chi connectivity index (χ2n) is 8.56. The molecule has 1 aliphatic carbocycles. The summed E-state index contributed by atoms with van der Waals surface area (Å²) < 4.78 is 0. The number of pyridine rings is 1. The van der Waals surface area contributed by atoms with Gasteiger partial charge in [-0.2, -0.15) is 5.26 Å². The maximum absolute atomic E-state index is 12.4. The highest BCUT2D eigenvalue weighted by molar-refractivity contribution is 8.00. The molecule has 1 atom stereocenters. The molecule has 7 heteroatoms. The Morgan fingerprint density at radius 2 is 2.13 bits per heavy atom. The van der Waals surface area contributed by atoms with Crippen molar-refractivity contribution < 1.29 is 14.7 Å². The molecule has 1 aromatic heterocycles. The SMILES string of the molecule is CCC(C)(C)C1CCc2nc(SCC(=O)Nc3cccc(C(=O)O)c3)c(C#N)cc2C1. The predicted molar refractivity (Wildman–Crippen MR) is 121 cm³/mol. The molecule has 6 nitrogen and oxygen atoms in total. The zero-order chi connectivity index (χ0) is 22.6. The molecule has 0 bridgehead atoms. The molecule has 0 saturated carbocycles. The summed E-state index contributed by atoms with van der Waals surface area (Å²) in [5.74, 6) is -0.666. The van der Waals surface area contributed by atoms with Crippen LogP contribution in [0, 0.1) is 22.7 Å². The Labute approximate surface area is 187 Å². The molecule has 0 saturated heterocycles. The number of anilines is 1. The largest absolute Gasteiger partial charge is 0.478 e. The zero-order valence-corrected chi connectivity index (χ0v) is 18.9. The molecule has 1 aromatic carbocycles. The van der Waals surface area contributed by atoms with E-state index in [-0.39, 0.29) is 22.6 Å². The second-order valence-corrected chi connectivity index (χ2v) is 9.53.